The highest BCUT2D eigenvalue weighted by atomic mass is 32.1. The van der Waals surface area contributed by atoms with E-state index in [0.29, 0.717) is 5.56 Å². The Morgan fingerprint density at radius 2 is 1.86 bits per heavy atom. The summed E-state index contributed by atoms with van der Waals surface area (Å²) in [6.07, 6.45) is 0. The Bertz CT molecular complexity index is 489. The van der Waals surface area contributed by atoms with Crippen LogP contribution in [0.1, 0.15) is 0 Å². The van der Waals surface area contributed by atoms with Gasteiger partial charge in [-0.1, -0.05) is 18.2 Å². The summed E-state index contributed by atoms with van der Waals surface area (Å²) in [6.45, 7) is 0. The maximum absolute atomic E-state index is 11.3. The predicted octanol–water partition coefficient (Wildman–Crippen LogP) is 2.48. The highest BCUT2D eigenvalue weighted by Gasteiger charge is 2.05. The molecule has 0 unspecified atom stereocenters. The van der Waals surface area contributed by atoms with E-state index in [1.54, 1.807) is 18.2 Å². The van der Waals surface area contributed by atoms with Gasteiger partial charge in [-0.3, -0.25) is 4.79 Å². The lowest BCUT2D eigenvalue weighted by molar-refractivity contribution is 0.473. The zero-order valence-electron chi connectivity index (χ0n) is 7.31. The van der Waals surface area contributed by atoms with Crippen LogP contribution in [0.5, 0.6) is 5.75 Å². The molecule has 14 heavy (non-hydrogen) atoms. The van der Waals surface area contributed by atoms with Gasteiger partial charge in [-0.2, -0.15) is 0 Å². The van der Waals surface area contributed by atoms with Crippen molar-refractivity contribution in [3.8, 4) is 16.2 Å². The molecular weight excluding hydrogens is 196 g/mol. The zero-order valence-corrected chi connectivity index (χ0v) is 8.12. The number of thiophene rings is 1. The largest absolute Gasteiger partial charge is 0.504 e. The van der Waals surface area contributed by atoms with E-state index in [1.165, 1.54) is 17.4 Å². The first-order chi connectivity index (χ1) is 6.79. The Kier molecular flexibility index (Phi) is 2.33. The molecular formula is C11H8O2S. The van der Waals surface area contributed by atoms with Crippen LogP contribution in [0.3, 0.4) is 0 Å². The second-order valence-electron chi connectivity index (χ2n) is 2.82. The van der Waals surface area contributed by atoms with Crippen LogP contribution in [0.4, 0.5) is 0 Å². The van der Waals surface area contributed by atoms with Crippen LogP contribution in [-0.4, -0.2) is 5.11 Å². The van der Waals surface area contributed by atoms with E-state index in [1.807, 2.05) is 17.5 Å². The molecule has 3 heteroatoms. The summed E-state index contributed by atoms with van der Waals surface area (Å²) >= 11 is 1.50. The lowest BCUT2D eigenvalue weighted by atomic mass is 10.2. The summed E-state index contributed by atoms with van der Waals surface area (Å²) in [6, 6.07) is 10.2. The molecule has 1 heterocycles. The minimum absolute atomic E-state index is 0.183. The summed E-state index contributed by atoms with van der Waals surface area (Å²) in [4.78, 5) is 12.2. The van der Waals surface area contributed by atoms with Gasteiger partial charge in [0.2, 0.25) is 5.43 Å². The maximum atomic E-state index is 11.3. The van der Waals surface area contributed by atoms with E-state index >= 15 is 0 Å². The first-order valence-electron chi connectivity index (χ1n) is 4.15. The molecule has 2 nitrogen and oxygen atoms in total. The lowest BCUT2D eigenvalue weighted by Gasteiger charge is -1.94. The van der Waals surface area contributed by atoms with Gasteiger partial charge in [0.25, 0.3) is 0 Å². The highest BCUT2D eigenvalue weighted by molar-refractivity contribution is 7.13. The van der Waals surface area contributed by atoms with Crippen molar-refractivity contribution in [3.05, 3.63) is 52.0 Å². The first kappa shape index (κ1) is 8.97. The monoisotopic (exact) mass is 204 g/mol. The standard InChI is InChI=1S/C11H8O2S/c12-9-5-2-1-4-8(11(9)13)10-6-3-7-14-10/h1-7H,(H,12,13). The highest BCUT2D eigenvalue weighted by Crippen LogP contribution is 2.28. The van der Waals surface area contributed by atoms with Crippen molar-refractivity contribution in [1.82, 2.24) is 0 Å². The molecule has 0 amide bonds. The van der Waals surface area contributed by atoms with Gasteiger partial charge in [-0.05, 0) is 23.6 Å². The molecule has 0 radical (unpaired) electrons. The fourth-order valence-corrected chi connectivity index (χ4v) is 1.97. The summed E-state index contributed by atoms with van der Waals surface area (Å²) in [5, 5.41) is 11.5. The Balaban J connectivity index is 2.73. The number of aromatic hydroxyl groups is 1. The van der Waals surface area contributed by atoms with Gasteiger partial charge in [-0.25, -0.2) is 0 Å². The average molecular weight is 204 g/mol. The first-order valence-corrected chi connectivity index (χ1v) is 5.03. The molecule has 0 atom stereocenters. The molecule has 0 spiro atoms. The minimum Gasteiger partial charge on any atom is -0.504 e. The van der Waals surface area contributed by atoms with Gasteiger partial charge >= 0.3 is 0 Å². The molecule has 1 aromatic heterocycles. The topological polar surface area (TPSA) is 37.3 Å². The van der Waals surface area contributed by atoms with E-state index in [0.717, 1.165) is 4.88 Å². The summed E-state index contributed by atoms with van der Waals surface area (Å²) in [5.74, 6) is -0.183. The van der Waals surface area contributed by atoms with E-state index < -0.39 is 0 Å². The maximum Gasteiger partial charge on any atom is 0.220 e. The van der Waals surface area contributed by atoms with Gasteiger partial charge in [0.05, 0.1) is 0 Å². The third-order valence-electron chi connectivity index (χ3n) is 1.90. The molecule has 0 aliphatic carbocycles. The fourth-order valence-electron chi connectivity index (χ4n) is 1.22. The smallest absolute Gasteiger partial charge is 0.220 e. The molecule has 1 N–H and O–H groups in total. The molecule has 2 aromatic rings. The zero-order chi connectivity index (χ0) is 9.97. The summed E-state index contributed by atoms with van der Waals surface area (Å²) in [5.41, 5.74) is 0.244. The quantitative estimate of drug-likeness (QED) is 0.774. The molecule has 2 rings (SSSR count). The van der Waals surface area contributed by atoms with E-state index in [9.17, 15) is 9.90 Å². The molecule has 0 aliphatic heterocycles. The van der Waals surface area contributed by atoms with Gasteiger partial charge in [0.15, 0.2) is 5.75 Å². The van der Waals surface area contributed by atoms with Crippen molar-refractivity contribution in [1.29, 1.82) is 0 Å². The SMILES string of the molecule is O=c1ccccc(-c2cccs2)c1O. The van der Waals surface area contributed by atoms with Crippen molar-refractivity contribution in [2.75, 3.05) is 0 Å². The molecule has 0 bridgehead atoms. The second-order valence-corrected chi connectivity index (χ2v) is 3.77. The Morgan fingerprint density at radius 1 is 1.07 bits per heavy atom. The van der Waals surface area contributed by atoms with Crippen molar-refractivity contribution in [2.45, 2.75) is 0 Å². The molecule has 70 valence electrons. The van der Waals surface area contributed by atoms with Gasteiger partial charge in [0.1, 0.15) is 0 Å². The number of rotatable bonds is 1. The van der Waals surface area contributed by atoms with Crippen LogP contribution in [0, 0.1) is 0 Å². The lowest BCUT2D eigenvalue weighted by Crippen LogP contribution is -1.93. The molecule has 0 fully saturated rings. The second kappa shape index (κ2) is 3.64. The number of hydrogen-bond donors (Lipinski definition) is 1. The van der Waals surface area contributed by atoms with Crippen LogP contribution in [-0.2, 0) is 0 Å². The summed E-state index contributed by atoms with van der Waals surface area (Å²) < 4.78 is 0. The van der Waals surface area contributed by atoms with Crippen LogP contribution in [0.25, 0.3) is 10.4 Å². The normalized spacial score (nSPS) is 10.0. The van der Waals surface area contributed by atoms with Crippen molar-refractivity contribution in [2.24, 2.45) is 0 Å². The van der Waals surface area contributed by atoms with E-state index in [2.05, 4.69) is 0 Å². The Hall–Kier alpha value is -1.61. The molecule has 1 aromatic carbocycles. The molecule has 0 saturated carbocycles. The van der Waals surface area contributed by atoms with Crippen molar-refractivity contribution < 1.29 is 5.11 Å². The van der Waals surface area contributed by atoms with Gasteiger partial charge in [-0.15, -0.1) is 11.3 Å². The van der Waals surface area contributed by atoms with E-state index in [-0.39, 0.29) is 11.2 Å². The molecule has 0 aliphatic rings. The third-order valence-corrected chi connectivity index (χ3v) is 2.80. The van der Waals surface area contributed by atoms with Crippen molar-refractivity contribution in [3.63, 3.8) is 0 Å². The Labute approximate surface area is 85.1 Å². The predicted molar refractivity (Wildman–Crippen MR) is 57.7 cm³/mol. The van der Waals surface area contributed by atoms with Crippen LogP contribution < -0.4 is 5.43 Å². The average Bonchev–Trinajstić information content (AvgIpc) is 2.64. The molecule has 0 saturated heterocycles. The van der Waals surface area contributed by atoms with Crippen molar-refractivity contribution >= 4 is 11.3 Å². The fraction of sp³-hybridized carbons (Fsp3) is 0. The van der Waals surface area contributed by atoms with Crippen LogP contribution in [0.2, 0.25) is 0 Å². The Morgan fingerprint density at radius 3 is 2.57 bits per heavy atom. The van der Waals surface area contributed by atoms with Gasteiger partial charge in [0, 0.05) is 10.4 Å². The third kappa shape index (κ3) is 1.54. The van der Waals surface area contributed by atoms with Crippen LogP contribution in [0.15, 0.2) is 46.6 Å². The van der Waals surface area contributed by atoms with Crippen LogP contribution >= 0.6 is 11.3 Å². The minimum atomic E-state index is -0.349. The number of hydrogen-bond acceptors (Lipinski definition) is 3. The summed E-state index contributed by atoms with van der Waals surface area (Å²) in [7, 11) is 0. The van der Waals surface area contributed by atoms with Gasteiger partial charge < -0.3 is 5.11 Å². The van der Waals surface area contributed by atoms with E-state index in [4.69, 9.17) is 0 Å².